The van der Waals surface area contributed by atoms with Gasteiger partial charge in [0.25, 0.3) is 0 Å². The standard InChI is InChI=1S/C12H9F4NS/c13-10-5-7(1-2-9(10)12(14,15)16)11(17)8-3-4-18-6-8/h1-6,11H,17H2. The Bertz CT molecular complexity index is 534. The summed E-state index contributed by atoms with van der Waals surface area (Å²) in [7, 11) is 0. The molecule has 6 heteroatoms. The third-order valence-electron chi connectivity index (χ3n) is 2.56. The Morgan fingerprint density at radius 2 is 1.83 bits per heavy atom. The molecular weight excluding hydrogens is 266 g/mol. The van der Waals surface area contributed by atoms with Crippen LogP contribution in [-0.4, -0.2) is 0 Å². The molecule has 1 heterocycles. The largest absolute Gasteiger partial charge is 0.419 e. The average Bonchev–Trinajstić information content (AvgIpc) is 2.79. The molecule has 0 saturated carbocycles. The molecule has 0 bridgehead atoms. The number of hydrogen-bond donors (Lipinski definition) is 1. The van der Waals surface area contributed by atoms with E-state index in [4.69, 9.17) is 5.73 Å². The van der Waals surface area contributed by atoms with Crippen LogP contribution >= 0.6 is 11.3 Å². The molecular formula is C12H9F4NS. The number of alkyl halides is 3. The number of hydrogen-bond acceptors (Lipinski definition) is 2. The summed E-state index contributed by atoms with van der Waals surface area (Å²) >= 11 is 1.42. The Labute approximate surface area is 105 Å². The first-order valence-corrected chi connectivity index (χ1v) is 5.98. The number of benzene rings is 1. The molecule has 18 heavy (non-hydrogen) atoms. The zero-order valence-electron chi connectivity index (χ0n) is 9.04. The molecule has 1 atom stereocenters. The summed E-state index contributed by atoms with van der Waals surface area (Å²) < 4.78 is 50.5. The molecule has 0 aliphatic rings. The minimum absolute atomic E-state index is 0.318. The van der Waals surface area contributed by atoms with Crippen molar-refractivity contribution in [2.24, 2.45) is 5.73 Å². The van der Waals surface area contributed by atoms with Crippen LogP contribution in [0.1, 0.15) is 22.7 Å². The Hall–Kier alpha value is -1.40. The van der Waals surface area contributed by atoms with Gasteiger partial charge in [-0.25, -0.2) is 4.39 Å². The lowest BCUT2D eigenvalue weighted by Crippen LogP contribution is -2.13. The molecule has 1 aromatic heterocycles. The molecule has 1 unspecified atom stereocenters. The van der Waals surface area contributed by atoms with Gasteiger partial charge in [0.2, 0.25) is 0 Å². The number of thiophene rings is 1. The predicted molar refractivity (Wildman–Crippen MR) is 61.8 cm³/mol. The highest BCUT2D eigenvalue weighted by Crippen LogP contribution is 2.33. The molecule has 0 aliphatic carbocycles. The molecule has 1 nitrogen and oxygen atoms in total. The van der Waals surface area contributed by atoms with E-state index in [1.807, 2.05) is 0 Å². The lowest BCUT2D eigenvalue weighted by atomic mass is 10.0. The summed E-state index contributed by atoms with van der Waals surface area (Å²) in [5.41, 5.74) is 5.64. The lowest BCUT2D eigenvalue weighted by molar-refractivity contribution is -0.140. The molecule has 0 fully saturated rings. The molecule has 0 aliphatic heterocycles. The summed E-state index contributed by atoms with van der Waals surface area (Å²) in [5.74, 6) is -1.30. The minimum atomic E-state index is -4.69. The maximum absolute atomic E-state index is 13.4. The third kappa shape index (κ3) is 2.54. The Balaban J connectivity index is 2.35. The fourth-order valence-electron chi connectivity index (χ4n) is 1.60. The maximum Gasteiger partial charge on any atom is 0.419 e. The molecule has 2 rings (SSSR count). The maximum atomic E-state index is 13.4. The lowest BCUT2D eigenvalue weighted by Gasteiger charge is -2.13. The van der Waals surface area contributed by atoms with Crippen LogP contribution in [0.2, 0.25) is 0 Å². The van der Waals surface area contributed by atoms with Crippen molar-refractivity contribution in [1.29, 1.82) is 0 Å². The highest BCUT2D eigenvalue weighted by Gasteiger charge is 2.34. The predicted octanol–water partition coefficient (Wildman–Crippen LogP) is 3.95. The summed E-state index contributed by atoms with van der Waals surface area (Å²) in [4.78, 5) is 0. The summed E-state index contributed by atoms with van der Waals surface area (Å²) in [6.45, 7) is 0. The Morgan fingerprint density at radius 3 is 2.33 bits per heavy atom. The van der Waals surface area contributed by atoms with Gasteiger partial charge in [-0.15, -0.1) is 0 Å². The van der Waals surface area contributed by atoms with E-state index in [-0.39, 0.29) is 0 Å². The van der Waals surface area contributed by atoms with Crippen LogP contribution in [-0.2, 0) is 6.18 Å². The molecule has 0 saturated heterocycles. The van der Waals surface area contributed by atoms with Crippen molar-refractivity contribution in [3.05, 3.63) is 57.5 Å². The second-order valence-corrected chi connectivity index (χ2v) is 4.55. The Morgan fingerprint density at radius 1 is 1.11 bits per heavy atom. The molecule has 1 aromatic carbocycles. The van der Waals surface area contributed by atoms with Gasteiger partial charge in [-0.05, 0) is 40.1 Å². The first-order valence-electron chi connectivity index (χ1n) is 5.04. The van der Waals surface area contributed by atoms with Crippen LogP contribution in [0.25, 0.3) is 0 Å². The summed E-state index contributed by atoms with van der Waals surface area (Å²) in [5, 5.41) is 3.58. The summed E-state index contributed by atoms with van der Waals surface area (Å²) in [6, 6.07) is 3.90. The van der Waals surface area contributed by atoms with Crippen molar-refractivity contribution in [2.45, 2.75) is 12.2 Å². The molecule has 0 amide bonds. The second kappa shape index (κ2) is 4.70. The second-order valence-electron chi connectivity index (χ2n) is 3.77. The molecule has 0 radical (unpaired) electrons. The van der Waals surface area contributed by atoms with E-state index in [1.165, 1.54) is 17.4 Å². The van der Waals surface area contributed by atoms with Crippen molar-refractivity contribution >= 4 is 11.3 Å². The van der Waals surface area contributed by atoms with Gasteiger partial charge in [-0.1, -0.05) is 6.07 Å². The van der Waals surface area contributed by atoms with Gasteiger partial charge in [0.05, 0.1) is 11.6 Å². The van der Waals surface area contributed by atoms with Crippen LogP contribution in [0.3, 0.4) is 0 Å². The SMILES string of the molecule is NC(c1ccsc1)c1ccc(C(F)(F)F)c(F)c1. The minimum Gasteiger partial charge on any atom is -0.320 e. The fraction of sp³-hybridized carbons (Fsp3) is 0.167. The molecule has 0 spiro atoms. The number of rotatable bonds is 2. The van der Waals surface area contributed by atoms with Crippen molar-refractivity contribution in [2.75, 3.05) is 0 Å². The quantitative estimate of drug-likeness (QED) is 0.825. The highest BCUT2D eigenvalue weighted by molar-refractivity contribution is 7.08. The van der Waals surface area contributed by atoms with Gasteiger partial charge >= 0.3 is 6.18 Å². The number of nitrogens with two attached hydrogens (primary N) is 1. The van der Waals surface area contributed by atoms with Crippen molar-refractivity contribution < 1.29 is 17.6 Å². The van der Waals surface area contributed by atoms with Crippen molar-refractivity contribution in [3.8, 4) is 0 Å². The van der Waals surface area contributed by atoms with Gasteiger partial charge in [-0.3, -0.25) is 0 Å². The van der Waals surface area contributed by atoms with E-state index in [0.29, 0.717) is 5.56 Å². The third-order valence-corrected chi connectivity index (χ3v) is 3.26. The van der Waals surface area contributed by atoms with Crippen LogP contribution < -0.4 is 5.73 Å². The zero-order chi connectivity index (χ0) is 13.3. The van der Waals surface area contributed by atoms with E-state index >= 15 is 0 Å². The van der Waals surface area contributed by atoms with Crippen LogP contribution in [0.15, 0.2) is 35.0 Å². The topological polar surface area (TPSA) is 26.0 Å². The highest BCUT2D eigenvalue weighted by atomic mass is 32.1. The van der Waals surface area contributed by atoms with Gasteiger partial charge < -0.3 is 5.73 Å². The van der Waals surface area contributed by atoms with Gasteiger partial charge in [0.1, 0.15) is 5.82 Å². The zero-order valence-corrected chi connectivity index (χ0v) is 9.86. The first-order chi connectivity index (χ1) is 8.39. The van der Waals surface area contributed by atoms with Gasteiger partial charge in [0.15, 0.2) is 0 Å². The molecule has 2 aromatic rings. The van der Waals surface area contributed by atoms with E-state index in [2.05, 4.69) is 0 Å². The van der Waals surface area contributed by atoms with E-state index in [0.717, 1.165) is 17.7 Å². The van der Waals surface area contributed by atoms with E-state index < -0.39 is 23.6 Å². The monoisotopic (exact) mass is 275 g/mol. The van der Waals surface area contributed by atoms with Crippen molar-refractivity contribution in [1.82, 2.24) is 0 Å². The van der Waals surface area contributed by atoms with Gasteiger partial charge in [0, 0.05) is 0 Å². The van der Waals surface area contributed by atoms with E-state index in [9.17, 15) is 17.6 Å². The first kappa shape index (κ1) is 13.0. The van der Waals surface area contributed by atoms with Crippen LogP contribution in [0, 0.1) is 5.82 Å². The molecule has 96 valence electrons. The summed E-state index contributed by atoms with van der Waals surface area (Å²) in [6.07, 6.45) is -4.69. The van der Waals surface area contributed by atoms with Gasteiger partial charge in [-0.2, -0.15) is 24.5 Å². The van der Waals surface area contributed by atoms with Crippen LogP contribution in [0.5, 0.6) is 0 Å². The smallest absolute Gasteiger partial charge is 0.320 e. The van der Waals surface area contributed by atoms with Crippen molar-refractivity contribution in [3.63, 3.8) is 0 Å². The molecule has 2 N–H and O–H groups in total. The van der Waals surface area contributed by atoms with Crippen LogP contribution in [0.4, 0.5) is 17.6 Å². The number of halogens is 4. The van der Waals surface area contributed by atoms with E-state index in [1.54, 1.807) is 16.8 Å². The fourth-order valence-corrected chi connectivity index (χ4v) is 2.30. The normalized spacial score (nSPS) is 13.6. The Kier molecular flexibility index (Phi) is 3.41. The average molecular weight is 275 g/mol.